The van der Waals surface area contributed by atoms with Crippen molar-refractivity contribution in [3.05, 3.63) is 0 Å². The molecule has 0 aromatic heterocycles. The van der Waals surface area contributed by atoms with Gasteiger partial charge in [-0.25, -0.2) is 0 Å². The molecule has 4 nitrogen and oxygen atoms in total. The molecule has 0 radical (unpaired) electrons. The number of piperidine rings is 1. The molecule has 0 amide bonds. The third-order valence-corrected chi connectivity index (χ3v) is 2.58. The quantitative estimate of drug-likeness (QED) is 0.330. The Hall–Kier alpha value is -0.160. The summed E-state index contributed by atoms with van der Waals surface area (Å²) in [5, 5.41) is 13.7. The molecule has 0 aromatic rings. The molecule has 4 heterocycles. The Balaban J connectivity index is 1.90. The molecule has 4 fully saturated rings. The normalized spacial score (nSPS) is 57.6. The Morgan fingerprint density at radius 3 is 2.00 bits per heavy atom. The lowest BCUT2D eigenvalue weighted by atomic mass is 9.96. The van der Waals surface area contributed by atoms with Gasteiger partial charge in [0.25, 0.3) is 0 Å². The fraction of sp³-hybridized carbons (Fsp3) is 1.00. The van der Waals surface area contributed by atoms with Gasteiger partial charge in [-0.1, -0.05) is 0 Å². The van der Waals surface area contributed by atoms with Crippen molar-refractivity contribution in [2.45, 2.75) is 37.5 Å². The van der Waals surface area contributed by atoms with E-state index >= 15 is 0 Å². The molecule has 0 spiro atoms. The minimum atomic E-state index is 0.365. The van der Waals surface area contributed by atoms with Crippen LogP contribution < -0.4 is 21.3 Å². The second kappa shape index (κ2) is 1.71. The minimum absolute atomic E-state index is 0.365. The predicted molar refractivity (Wildman–Crippen MR) is 36.9 cm³/mol. The second-order valence-corrected chi connectivity index (χ2v) is 3.37. The van der Waals surface area contributed by atoms with Gasteiger partial charge in [0.2, 0.25) is 0 Å². The van der Waals surface area contributed by atoms with Crippen LogP contribution in [0.2, 0.25) is 0 Å². The van der Waals surface area contributed by atoms with Crippen LogP contribution in [0, 0.1) is 0 Å². The lowest BCUT2D eigenvalue weighted by Gasteiger charge is -2.52. The zero-order valence-corrected chi connectivity index (χ0v) is 5.72. The molecule has 2 atom stereocenters. The number of hydrogen-bond donors (Lipinski definition) is 4. The highest BCUT2D eigenvalue weighted by molar-refractivity contribution is 4.98. The summed E-state index contributed by atoms with van der Waals surface area (Å²) in [6, 6.07) is 0.740. The van der Waals surface area contributed by atoms with E-state index < -0.39 is 0 Å². The van der Waals surface area contributed by atoms with Crippen LogP contribution >= 0.6 is 0 Å². The topological polar surface area (TPSA) is 48.1 Å². The Morgan fingerprint density at radius 1 is 0.800 bits per heavy atom. The van der Waals surface area contributed by atoms with Crippen molar-refractivity contribution in [3.63, 3.8) is 0 Å². The summed E-state index contributed by atoms with van der Waals surface area (Å²) in [4.78, 5) is 0. The molecule has 4 N–H and O–H groups in total. The third kappa shape index (κ3) is 0.645. The first-order chi connectivity index (χ1) is 4.90. The molecule has 4 aliphatic rings. The average molecular weight is 140 g/mol. The van der Waals surface area contributed by atoms with Gasteiger partial charge < -0.3 is 0 Å². The molecule has 4 heteroatoms. The Morgan fingerprint density at radius 2 is 1.50 bits per heavy atom. The number of rotatable bonds is 0. The van der Waals surface area contributed by atoms with Crippen LogP contribution in [0.25, 0.3) is 0 Å². The van der Waals surface area contributed by atoms with Crippen LogP contribution in [-0.2, 0) is 0 Å². The van der Waals surface area contributed by atoms with Crippen LogP contribution in [0.3, 0.4) is 0 Å². The van der Waals surface area contributed by atoms with E-state index in [0.29, 0.717) is 18.6 Å². The maximum atomic E-state index is 3.45. The van der Waals surface area contributed by atoms with Crippen molar-refractivity contribution in [1.29, 1.82) is 0 Å². The Bertz CT molecular complexity index is 101. The lowest BCUT2D eigenvalue weighted by Crippen LogP contribution is -2.81. The average Bonchev–Trinajstić information content (AvgIpc) is 1.82. The first-order valence-electron chi connectivity index (χ1n) is 3.94. The molecule has 4 aliphatic heterocycles. The summed E-state index contributed by atoms with van der Waals surface area (Å²) in [5.41, 5.74) is 0. The van der Waals surface area contributed by atoms with Gasteiger partial charge in [-0.2, -0.15) is 0 Å². The summed E-state index contributed by atoms with van der Waals surface area (Å²) in [5.74, 6) is 0. The molecule has 10 heavy (non-hydrogen) atoms. The smallest absolute Gasteiger partial charge is 0.114 e. The van der Waals surface area contributed by atoms with E-state index in [4.69, 9.17) is 0 Å². The highest BCUT2D eigenvalue weighted by Gasteiger charge is 2.40. The molecule has 0 aliphatic carbocycles. The van der Waals surface area contributed by atoms with E-state index in [-0.39, 0.29) is 0 Å². The number of nitrogens with one attached hydrogen (secondary N) is 4. The summed E-state index contributed by atoms with van der Waals surface area (Å²) >= 11 is 0. The molecule has 4 saturated heterocycles. The maximum Gasteiger partial charge on any atom is 0.114 e. The second-order valence-electron chi connectivity index (χ2n) is 3.37. The predicted octanol–water partition coefficient (Wildman–Crippen LogP) is -1.53. The van der Waals surface area contributed by atoms with Crippen molar-refractivity contribution < 1.29 is 0 Å². The van der Waals surface area contributed by atoms with Crippen molar-refractivity contribution in [2.24, 2.45) is 0 Å². The molecular weight excluding hydrogens is 128 g/mol. The monoisotopic (exact) mass is 140 g/mol. The van der Waals surface area contributed by atoms with Gasteiger partial charge in [0.15, 0.2) is 0 Å². The van der Waals surface area contributed by atoms with Crippen molar-refractivity contribution >= 4 is 0 Å². The van der Waals surface area contributed by atoms with E-state index in [1.54, 1.807) is 0 Å². The fourth-order valence-electron chi connectivity index (χ4n) is 2.19. The summed E-state index contributed by atoms with van der Waals surface area (Å²) in [7, 11) is 0. The van der Waals surface area contributed by atoms with E-state index in [1.165, 1.54) is 12.8 Å². The molecule has 2 unspecified atom stereocenters. The highest BCUT2D eigenvalue weighted by atomic mass is 15.5. The van der Waals surface area contributed by atoms with Gasteiger partial charge in [-0.3, -0.25) is 21.3 Å². The van der Waals surface area contributed by atoms with Gasteiger partial charge in [0.05, 0.1) is 12.3 Å². The fourth-order valence-corrected chi connectivity index (χ4v) is 2.19. The molecule has 4 rings (SSSR count). The molecule has 56 valence electrons. The largest absolute Gasteiger partial charge is 0.287 e. The minimum Gasteiger partial charge on any atom is -0.287 e. The first kappa shape index (κ1) is 5.49. The van der Waals surface area contributed by atoms with Gasteiger partial charge in [-0.15, -0.1) is 0 Å². The number of hydrogen-bond acceptors (Lipinski definition) is 4. The molecular formula is C6H12N4. The third-order valence-electron chi connectivity index (χ3n) is 2.58. The molecule has 0 aromatic carbocycles. The Labute approximate surface area is 59.7 Å². The van der Waals surface area contributed by atoms with E-state index in [0.717, 1.165) is 6.04 Å². The Kier molecular flexibility index (Phi) is 0.936. The van der Waals surface area contributed by atoms with Crippen molar-refractivity contribution in [1.82, 2.24) is 21.3 Å². The zero-order chi connectivity index (χ0) is 6.55. The first-order valence-corrected chi connectivity index (χ1v) is 3.94. The zero-order valence-electron chi connectivity index (χ0n) is 5.72. The highest BCUT2D eigenvalue weighted by Crippen LogP contribution is 2.19. The van der Waals surface area contributed by atoms with Crippen molar-refractivity contribution in [2.75, 3.05) is 0 Å². The van der Waals surface area contributed by atoms with E-state index in [2.05, 4.69) is 21.3 Å². The maximum absolute atomic E-state index is 3.45. The summed E-state index contributed by atoms with van der Waals surface area (Å²) in [6.45, 7) is 0. The molecule has 4 bridgehead atoms. The van der Waals surface area contributed by atoms with Crippen LogP contribution in [-0.4, -0.2) is 24.7 Å². The SMILES string of the molecule is C1C2CC3NC1NC(N2)N3. The van der Waals surface area contributed by atoms with Gasteiger partial charge in [-0.05, 0) is 12.8 Å². The standard InChI is InChI=1S/C6H12N4/c1-3-2-5-8-4(1)9-6(7-3)10-5/h3-10H,1-2H2. The van der Waals surface area contributed by atoms with E-state index in [9.17, 15) is 0 Å². The summed E-state index contributed by atoms with van der Waals surface area (Å²) in [6.07, 6.45) is 3.93. The van der Waals surface area contributed by atoms with Gasteiger partial charge in [0.1, 0.15) is 6.29 Å². The van der Waals surface area contributed by atoms with E-state index in [1.807, 2.05) is 0 Å². The molecule has 0 saturated carbocycles. The van der Waals surface area contributed by atoms with Gasteiger partial charge >= 0.3 is 0 Å². The summed E-state index contributed by atoms with van der Waals surface area (Å²) < 4.78 is 0. The van der Waals surface area contributed by atoms with Crippen LogP contribution in [0.1, 0.15) is 12.8 Å². The lowest BCUT2D eigenvalue weighted by molar-refractivity contribution is 0.0414. The van der Waals surface area contributed by atoms with Crippen LogP contribution in [0.4, 0.5) is 0 Å². The van der Waals surface area contributed by atoms with Crippen LogP contribution in [0.15, 0.2) is 0 Å². The van der Waals surface area contributed by atoms with Crippen molar-refractivity contribution in [3.8, 4) is 0 Å². The van der Waals surface area contributed by atoms with Gasteiger partial charge in [0, 0.05) is 6.04 Å². The van der Waals surface area contributed by atoms with Crippen LogP contribution in [0.5, 0.6) is 0 Å².